The van der Waals surface area contributed by atoms with Crippen molar-refractivity contribution in [1.82, 2.24) is 5.32 Å². The molecule has 1 aromatic carbocycles. The van der Waals surface area contributed by atoms with Gasteiger partial charge in [0.05, 0.1) is 12.6 Å². The molecule has 1 aliphatic rings. The van der Waals surface area contributed by atoms with Crippen LogP contribution in [0.1, 0.15) is 26.3 Å². The van der Waals surface area contributed by atoms with E-state index >= 15 is 0 Å². The Balaban J connectivity index is 1.72. The summed E-state index contributed by atoms with van der Waals surface area (Å²) < 4.78 is 0. The van der Waals surface area contributed by atoms with Crippen LogP contribution >= 0.6 is 0 Å². The lowest BCUT2D eigenvalue weighted by Gasteiger charge is -2.31. The van der Waals surface area contributed by atoms with Crippen LogP contribution in [0.25, 0.3) is 6.08 Å². The molecule has 1 aliphatic heterocycles. The molecular formula is C21H32N4O+2. The molecule has 1 fully saturated rings. The van der Waals surface area contributed by atoms with E-state index in [4.69, 9.17) is 0 Å². The summed E-state index contributed by atoms with van der Waals surface area (Å²) in [5.74, 6) is 0.0642. The first-order valence-corrected chi connectivity index (χ1v) is 9.54. The van der Waals surface area contributed by atoms with E-state index < -0.39 is 5.54 Å². The molecule has 5 heteroatoms. The van der Waals surface area contributed by atoms with E-state index in [1.54, 1.807) is 11.8 Å². The van der Waals surface area contributed by atoms with Gasteiger partial charge in [-0.2, -0.15) is 5.26 Å². The van der Waals surface area contributed by atoms with Crippen LogP contribution in [-0.4, -0.2) is 50.7 Å². The van der Waals surface area contributed by atoms with Crippen molar-refractivity contribution >= 4 is 12.0 Å². The summed E-state index contributed by atoms with van der Waals surface area (Å²) in [4.78, 5) is 15.2. The number of nitriles is 1. The first-order chi connectivity index (χ1) is 12.4. The van der Waals surface area contributed by atoms with Gasteiger partial charge in [0.15, 0.2) is 6.54 Å². The largest absolute Gasteiger partial charge is 0.333 e. The number of nitrogens with one attached hydrogen (secondary N) is 3. The molecule has 5 nitrogen and oxygen atoms in total. The monoisotopic (exact) mass is 356 g/mol. The molecule has 140 valence electrons. The summed E-state index contributed by atoms with van der Waals surface area (Å²) in [5, 5.41) is 12.2. The fraction of sp³-hybridized carbons (Fsp3) is 0.524. The minimum absolute atomic E-state index is 0.0230. The first kappa shape index (κ1) is 20.2. The van der Waals surface area contributed by atoms with Crippen molar-refractivity contribution in [2.45, 2.75) is 26.3 Å². The quantitative estimate of drug-likeness (QED) is 0.619. The summed E-state index contributed by atoms with van der Waals surface area (Å²) in [6.07, 6.45) is 4.41. The summed E-state index contributed by atoms with van der Waals surface area (Å²) >= 11 is 0. The Kier molecular flexibility index (Phi) is 7.38. The highest BCUT2D eigenvalue weighted by molar-refractivity contribution is 5.78. The van der Waals surface area contributed by atoms with Crippen LogP contribution in [0.2, 0.25) is 0 Å². The normalized spacial score (nSPS) is 22.7. The number of rotatable bonds is 7. The highest BCUT2D eigenvalue weighted by atomic mass is 16.2. The van der Waals surface area contributed by atoms with Gasteiger partial charge in [-0.1, -0.05) is 50.3 Å². The molecule has 2 rings (SSSR count). The topological polar surface area (TPSA) is 61.8 Å². The Labute approximate surface area is 157 Å². The van der Waals surface area contributed by atoms with E-state index in [9.17, 15) is 10.1 Å². The molecule has 0 radical (unpaired) electrons. The fourth-order valence-corrected chi connectivity index (χ4v) is 3.13. The van der Waals surface area contributed by atoms with Crippen molar-refractivity contribution in [1.29, 1.82) is 5.26 Å². The number of quaternary nitrogens is 2. The minimum Gasteiger partial charge on any atom is -0.333 e. The van der Waals surface area contributed by atoms with Crippen molar-refractivity contribution in [3.63, 3.8) is 0 Å². The average molecular weight is 357 g/mol. The summed E-state index contributed by atoms with van der Waals surface area (Å²) in [6, 6.07) is 12.6. The number of piperazine rings is 1. The van der Waals surface area contributed by atoms with Gasteiger partial charge in [-0.3, -0.25) is 4.79 Å². The second-order valence-electron chi connectivity index (χ2n) is 7.71. The van der Waals surface area contributed by atoms with Crippen molar-refractivity contribution in [2.24, 2.45) is 5.92 Å². The predicted molar refractivity (Wildman–Crippen MR) is 104 cm³/mol. The zero-order valence-electron chi connectivity index (χ0n) is 16.2. The van der Waals surface area contributed by atoms with Crippen molar-refractivity contribution < 1.29 is 14.6 Å². The molecule has 3 N–H and O–H groups in total. The molecule has 1 saturated heterocycles. The van der Waals surface area contributed by atoms with Gasteiger partial charge in [0.2, 0.25) is 0 Å². The highest BCUT2D eigenvalue weighted by Gasteiger charge is 2.32. The molecule has 26 heavy (non-hydrogen) atoms. The van der Waals surface area contributed by atoms with Gasteiger partial charge in [0.25, 0.3) is 5.91 Å². The van der Waals surface area contributed by atoms with Crippen LogP contribution in [0.4, 0.5) is 0 Å². The van der Waals surface area contributed by atoms with E-state index in [-0.39, 0.29) is 11.8 Å². The number of benzene rings is 1. The van der Waals surface area contributed by atoms with E-state index in [0.29, 0.717) is 6.54 Å². The van der Waals surface area contributed by atoms with E-state index in [1.807, 2.05) is 19.9 Å². The van der Waals surface area contributed by atoms with Gasteiger partial charge in [-0.15, -0.1) is 0 Å². The van der Waals surface area contributed by atoms with Gasteiger partial charge in [0, 0.05) is 0 Å². The van der Waals surface area contributed by atoms with Gasteiger partial charge >= 0.3 is 0 Å². The van der Waals surface area contributed by atoms with Crippen LogP contribution in [0.15, 0.2) is 36.4 Å². The van der Waals surface area contributed by atoms with E-state index in [0.717, 1.165) is 32.7 Å². The standard InChI is InChI=1S/C21H30N4O/c1-18(2)21(3,17-22)23-20(26)16-25-14-12-24(13-15-25)11-7-10-19-8-5-4-6-9-19/h4-10,18H,11-16H2,1-3H3,(H,23,26)/p+2/b10-7+/t21-/m1/s1. The molecule has 0 aromatic heterocycles. The summed E-state index contributed by atoms with van der Waals surface area (Å²) in [7, 11) is 0. The third-order valence-corrected chi connectivity index (χ3v) is 5.38. The van der Waals surface area contributed by atoms with Gasteiger partial charge in [-0.25, -0.2) is 0 Å². The number of amides is 1. The van der Waals surface area contributed by atoms with Crippen LogP contribution in [0, 0.1) is 17.2 Å². The Hall–Kier alpha value is -2.16. The van der Waals surface area contributed by atoms with Crippen molar-refractivity contribution in [2.75, 3.05) is 39.3 Å². The number of hydrogen-bond donors (Lipinski definition) is 3. The van der Waals surface area contributed by atoms with Gasteiger partial charge < -0.3 is 15.1 Å². The first-order valence-electron chi connectivity index (χ1n) is 9.54. The Bertz CT molecular complexity index is 642. The Morgan fingerprint density at radius 1 is 1.23 bits per heavy atom. The second kappa shape index (κ2) is 9.51. The third kappa shape index (κ3) is 5.98. The minimum atomic E-state index is -0.786. The Morgan fingerprint density at radius 3 is 2.42 bits per heavy atom. The number of hydrogen-bond acceptors (Lipinski definition) is 2. The van der Waals surface area contributed by atoms with Crippen molar-refractivity contribution in [3.05, 3.63) is 42.0 Å². The van der Waals surface area contributed by atoms with Crippen molar-refractivity contribution in [3.8, 4) is 6.07 Å². The smallest absolute Gasteiger partial charge is 0.276 e. The number of carbonyl (C=O) groups is 1. The maximum Gasteiger partial charge on any atom is 0.276 e. The molecule has 0 saturated carbocycles. The lowest BCUT2D eigenvalue weighted by molar-refractivity contribution is -1.01. The molecule has 1 heterocycles. The SMILES string of the molecule is CC(C)[C@@](C)(C#N)NC(=O)C[NH+]1CC[NH+](C/C=C/c2ccccc2)CC1. The van der Waals surface area contributed by atoms with Crippen LogP contribution < -0.4 is 15.1 Å². The second-order valence-corrected chi connectivity index (χ2v) is 7.71. The van der Waals surface area contributed by atoms with Gasteiger partial charge in [0.1, 0.15) is 31.7 Å². The van der Waals surface area contributed by atoms with Crippen LogP contribution in [0.3, 0.4) is 0 Å². The van der Waals surface area contributed by atoms with E-state index in [2.05, 4.69) is 47.8 Å². The molecule has 1 atom stereocenters. The number of nitrogens with zero attached hydrogens (tertiary/aromatic N) is 1. The number of carbonyl (C=O) groups excluding carboxylic acids is 1. The predicted octanol–water partition coefficient (Wildman–Crippen LogP) is -0.462. The highest BCUT2D eigenvalue weighted by Crippen LogP contribution is 2.14. The van der Waals surface area contributed by atoms with Crippen LogP contribution in [0.5, 0.6) is 0 Å². The fourth-order valence-electron chi connectivity index (χ4n) is 3.13. The maximum atomic E-state index is 12.3. The molecule has 1 aromatic rings. The summed E-state index contributed by atoms with van der Waals surface area (Å²) in [5.41, 5.74) is 0.449. The average Bonchev–Trinajstić information content (AvgIpc) is 2.63. The molecule has 0 bridgehead atoms. The third-order valence-electron chi connectivity index (χ3n) is 5.38. The molecular weight excluding hydrogens is 324 g/mol. The lowest BCUT2D eigenvalue weighted by Crippen LogP contribution is -3.28. The molecule has 0 unspecified atom stereocenters. The van der Waals surface area contributed by atoms with Crippen LogP contribution in [-0.2, 0) is 4.79 Å². The maximum absolute atomic E-state index is 12.3. The zero-order chi connectivity index (χ0) is 19.0. The molecule has 0 aliphatic carbocycles. The summed E-state index contributed by atoms with van der Waals surface area (Å²) in [6.45, 7) is 11.3. The lowest BCUT2D eigenvalue weighted by atomic mass is 9.90. The Morgan fingerprint density at radius 2 is 1.85 bits per heavy atom. The molecule has 0 spiro atoms. The zero-order valence-corrected chi connectivity index (χ0v) is 16.2. The van der Waals surface area contributed by atoms with E-state index in [1.165, 1.54) is 10.5 Å². The van der Waals surface area contributed by atoms with Gasteiger partial charge in [-0.05, 0) is 24.5 Å². The molecule has 1 amide bonds.